The Morgan fingerprint density at radius 1 is 1.10 bits per heavy atom. The van der Waals surface area contributed by atoms with Crippen LogP contribution in [-0.2, 0) is 9.71 Å². The van der Waals surface area contributed by atoms with Crippen molar-refractivity contribution in [3.63, 3.8) is 0 Å². The van der Waals surface area contributed by atoms with Crippen molar-refractivity contribution >= 4 is 16.8 Å². The lowest BCUT2D eigenvalue weighted by Gasteiger charge is -2.36. The Balaban J connectivity index is 2.06. The SMILES string of the molecule is NCCCC1(c2ccccc2)SC(c2cc(F)ccc2F)=NN1OCC(F)(F)F. The molecule has 2 N–H and O–H groups in total. The summed E-state index contributed by atoms with van der Waals surface area (Å²) in [6.45, 7) is -1.29. The smallest absolute Gasteiger partial charge is 0.330 e. The molecular formula is C19H18F5N3OS. The van der Waals surface area contributed by atoms with Crippen molar-refractivity contribution in [2.75, 3.05) is 13.2 Å². The molecule has 0 amide bonds. The minimum atomic E-state index is -4.59. The maximum atomic E-state index is 14.3. The maximum Gasteiger partial charge on any atom is 0.414 e. The van der Waals surface area contributed by atoms with E-state index in [4.69, 9.17) is 10.6 Å². The molecule has 0 saturated heterocycles. The second-order valence-electron chi connectivity index (χ2n) is 6.34. The zero-order valence-corrected chi connectivity index (χ0v) is 15.9. The molecule has 0 bridgehead atoms. The first-order valence-corrected chi connectivity index (χ1v) is 9.55. The molecule has 2 aromatic carbocycles. The van der Waals surface area contributed by atoms with E-state index in [1.54, 1.807) is 30.3 Å². The number of nitrogens with zero attached hydrogens (tertiary/aromatic N) is 2. The lowest BCUT2D eigenvalue weighted by atomic mass is 10.0. The van der Waals surface area contributed by atoms with Gasteiger partial charge in [0, 0.05) is 5.56 Å². The van der Waals surface area contributed by atoms with Gasteiger partial charge in [-0.05, 0) is 43.1 Å². The van der Waals surface area contributed by atoms with Crippen LogP contribution in [0, 0.1) is 11.6 Å². The molecule has 1 heterocycles. The summed E-state index contributed by atoms with van der Waals surface area (Å²) in [7, 11) is 0. The fourth-order valence-electron chi connectivity index (χ4n) is 2.92. The van der Waals surface area contributed by atoms with Crippen LogP contribution in [0.15, 0.2) is 53.6 Å². The zero-order valence-electron chi connectivity index (χ0n) is 15.1. The van der Waals surface area contributed by atoms with Gasteiger partial charge in [0.2, 0.25) is 0 Å². The number of alkyl halides is 3. The van der Waals surface area contributed by atoms with Crippen LogP contribution in [0.25, 0.3) is 0 Å². The molecule has 1 unspecified atom stereocenters. The summed E-state index contributed by atoms with van der Waals surface area (Å²) in [6.07, 6.45) is -3.87. The second kappa shape index (κ2) is 8.68. The predicted octanol–water partition coefficient (Wildman–Crippen LogP) is 4.76. The van der Waals surface area contributed by atoms with Gasteiger partial charge >= 0.3 is 6.18 Å². The number of hydrogen-bond acceptors (Lipinski definition) is 5. The highest BCUT2D eigenvalue weighted by Gasteiger charge is 2.48. The summed E-state index contributed by atoms with van der Waals surface area (Å²) in [5.41, 5.74) is 6.08. The lowest BCUT2D eigenvalue weighted by molar-refractivity contribution is -0.272. The quantitative estimate of drug-likeness (QED) is 0.643. The average molecular weight is 431 g/mol. The number of halogens is 5. The van der Waals surface area contributed by atoms with Crippen molar-refractivity contribution in [2.45, 2.75) is 23.9 Å². The highest BCUT2D eigenvalue weighted by atomic mass is 32.2. The number of hydrogen-bond donors (Lipinski definition) is 1. The second-order valence-corrected chi connectivity index (χ2v) is 7.60. The highest BCUT2D eigenvalue weighted by molar-refractivity contribution is 8.15. The molecule has 0 aromatic heterocycles. The van der Waals surface area contributed by atoms with Gasteiger partial charge in [-0.3, -0.25) is 0 Å². The molecule has 2 aromatic rings. The summed E-state index contributed by atoms with van der Waals surface area (Å²) >= 11 is 1.01. The minimum absolute atomic E-state index is 0.0186. The van der Waals surface area contributed by atoms with Crippen LogP contribution in [0.4, 0.5) is 22.0 Å². The number of nitrogens with two attached hydrogens (primary N) is 1. The summed E-state index contributed by atoms with van der Waals surface area (Å²) in [4.78, 5) is 3.79. The first kappa shape index (κ1) is 21.5. The Morgan fingerprint density at radius 3 is 2.48 bits per heavy atom. The maximum absolute atomic E-state index is 14.3. The molecule has 1 aliphatic heterocycles. The van der Waals surface area contributed by atoms with E-state index in [0.29, 0.717) is 12.0 Å². The van der Waals surface area contributed by atoms with Crippen LogP contribution in [0.3, 0.4) is 0 Å². The third-order valence-corrected chi connectivity index (χ3v) is 5.64. The van der Waals surface area contributed by atoms with Crippen molar-refractivity contribution in [2.24, 2.45) is 10.8 Å². The van der Waals surface area contributed by atoms with Gasteiger partial charge in [0.15, 0.2) is 11.5 Å². The third kappa shape index (κ3) is 4.88. The van der Waals surface area contributed by atoms with Crippen molar-refractivity contribution in [1.29, 1.82) is 0 Å². The van der Waals surface area contributed by atoms with Crippen LogP contribution in [-0.4, -0.2) is 29.5 Å². The monoisotopic (exact) mass is 431 g/mol. The van der Waals surface area contributed by atoms with Gasteiger partial charge in [-0.1, -0.05) is 42.1 Å². The standard InChI is InChI=1S/C19H18F5N3OS/c20-14-7-8-16(21)15(11-14)17-26-27(28-12-19(22,23)24)18(29-17,9-4-10-25)13-5-2-1-3-6-13/h1-3,5-8,11H,4,9-10,12,25H2. The molecule has 0 spiro atoms. The van der Waals surface area contributed by atoms with Crippen LogP contribution in [0.5, 0.6) is 0 Å². The molecule has 0 radical (unpaired) electrons. The number of thioether (sulfide) groups is 1. The molecule has 156 valence electrons. The third-order valence-electron chi connectivity index (χ3n) is 4.21. The molecule has 3 rings (SSSR count). The average Bonchev–Trinajstić information content (AvgIpc) is 3.06. The van der Waals surface area contributed by atoms with Crippen LogP contribution >= 0.6 is 11.8 Å². The van der Waals surface area contributed by atoms with Crippen LogP contribution < -0.4 is 5.73 Å². The van der Waals surface area contributed by atoms with E-state index in [-0.39, 0.29) is 23.6 Å². The first-order chi connectivity index (χ1) is 13.7. The lowest BCUT2D eigenvalue weighted by Crippen LogP contribution is -2.40. The van der Waals surface area contributed by atoms with E-state index >= 15 is 0 Å². The summed E-state index contributed by atoms with van der Waals surface area (Å²) in [5.74, 6) is -1.43. The van der Waals surface area contributed by atoms with E-state index in [9.17, 15) is 22.0 Å². The van der Waals surface area contributed by atoms with E-state index < -0.39 is 29.3 Å². The Kier molecular flexibility index (Phi) is 6.45. The van der Waals surface area contributed by atoms with Crippen molar-refractivity contribution in [3.8, 4) is 0 Å². The predicted molar refractivity (Wildman–Crippen MR) is 101 cm³/mol. The van der Waals surface area contributed by atoms with E-state index in [0.717, 1.165) is 35.1 Å². The van der Waals surface area contributed by atoms with Crippen LogP contribution in [0.2, 0.25) is 0 Å². The summed E-state index contributed by atoms with van der Waals surface area (Å²) in [5, 5.41) is 4.95. The fraction of sp³-hybridized carbons (Fsp3) is 0.316. The van der Waals surface area contributed by atoms with Gasteiger partial charge in [0.05, 0.1) is 0 Å². The van der Waals surface area contributed by atoms with Crippen molar-refractivity contribution in [3.05, 3.63) is 71.3 Å². The number of rotatable bonds is 7. The van der Waals surface area contributed by atoms with Gasteiger partial charge in [-0.2, -0.15) is 13.2 Å². The van der Waals surface area contributed by atoms with E-state index in [1.807, 2.05) is 0 Å². The molecule has 0 aliphatic carbocycles. The Hall–Kier alpha value is -2.17. The highest BCUT2D eigenvalue weighted by Crippen LogP contribution is 2.50. The molecule has 1 aliphatic rings. The van der Waals surface area contributed by atoms with Gasteiger partial charge in [-0.25, -0.2) is 13.6 Å². The number of benzene rings is 2. The topological polar surface area (TPSA) is 50.8 Å². The Bertz CT molecular complexity index is 878. The summed E-state index contributed by atoms with van der Waals surface area (Å²) < 4.78 is 66.4. The van der Waals surface area contributed by atoms with Gasteiger partial charge in [-0.15, -0.1) is 10.3 Å². The fourth-order valence-corrected chi connectivity index (χ4v) is 4.29. The molecular weight excluding hydrogens is 413 g/mol. The molecule has 1 atom stereocenters. The molecule has 10 heteroatoms. The largest absolute Gasteiger partial charge is 0.414 e. The minimum Gasteiger partial charge on any atom is -0.330 e. The number of hydrazone groups is 1. The van der Waals surface area contributed by atoms with Crippen molar-refractivity contribution < 1.29 is 26.8 Å². The molecule has 29 heavy (non-hydrogen) atoms. The molecule has 4 nitrogen and oxygen atoms in total. The van der Waals surface area contributed by atoms with E-state index in [2.05, 4.69) is 5.10 Å². The summed E-state index contributed by atoms with van der Waals surface area (Å²) in [6, 6.07) is 11.5. The molecule has 0 saturated carbocycles. The van der Waals surface area contributed by atoms with Crippen LogP contribution in [0.1, 0.15) is 24.0 Å². The normalized spacial score (nSPS) is 19.5. The van der Waals surface area contributed by atoms with E-state index in [1.165, 1.54) is 0 Å². The van der Waals surface area contributed by atoms with Gasteiger partial charge in [0.1, 0.15) is 16.7 Å². The number of hydroxylamine groups is 1. The van der Waals surface area contributed by atoms with Gasteiger partial charge < -0.3 is 5.73 Å². The first-order valence-electron chi connectivity index (χ1n) is 8.74. The molecule has 0 fully saturated rings. The van der Waals surface area contributed by atoms with Gasteiger partial charge in [0.25, 0.3) is 0 Å². The Labute approximate surface area is 168 Å². The Morgan fingerprint density at radius 2 is 1.83 bits per heavy atom. The van der Waals surface area contributed by atoms with Crippen molar-refractivity contribution in [1.82, 2.24) is 5.17 Å². The zero-order chi connectivity index (χ0) is 21.1.